The number of anilines is 2. The van der Waals surface area contributed by atoms with Gasteiger partial charge in [0.25, 0.3) is 17.5 Å². The topological polar surface area (TPSA) is 157 Å². The van der Waals surface area contributed by atoms with Gasteiger partial charge in [0.2, 0.25) is 5.91 Å². The number of rotatable bonds is 14. The summed E-state index contributed by atoms with van der Waals surface area (Å²) < 4.78 is 5.41. The maximum Gasteiger partial charge on any atom is 0.341 e. The van der Waals surface area contributed by atoms with Crippen LogP contribution in [0.4, 0.5) is 16.4 Å². The largest absolute Gasteiger partial charge is 0.462 e. The Hall–Kier alpha value is -6.83. The minimum Gasteiger partial charge on any atom is -0.462 e. The van der Waals surface area contributed by atoms with Crippen molar-refractivity contribution >= 4 is 69.2 Å². The molecule has 5 aromatic carbocycles. The number of nitro benzene ring substituents is 1. The number of nitro groups is 1. The molecule has 286 valence electrons. The van der Waals surface area contributed by atoms with E-state index in [2.05, 4.69) is 16.0 Å². The van der Waals surface area contributed by atoms with Crippen LogP contribution < -0.4 is 16.0 Å². The second-order valence-corrected chi connectivity index (χ2v) is 14.6. The highest BCUT2D eigenvalue weighted by Crippen LogP contribution is 2.40. The Labute approximate surface area is 337 Å². The van der Waals surface area contributed by atoms with Crippen molar-refractivity contribution in [2.24, 2.45) is 0 Å². The van der Waals surface area contributed by atoms with Crippen LogP contribution >= 0.6 is 23.1 Å². The van der Waals surface area contributed by atoms with Gasteiger partial charge in [0.05, 0.1) is 11.5 Å². The van der Waals surface area contributed by atoms with Crippen molar-refractivity contribution in [1.29, 1.82) is 0 Å². The lowest BCUT2D eigenvalue weighted by Crippen LogP contribution is -2.30. The summed E-state index contributed by atoms with van der Waals surface area (Å²) in [6.07, 6.45) is 1.42. The molecule has 0 aliphatic heterocycles. The first-order chi connectivity index (χ1) is 27.6. The number of esters is 1. The summed E-state index contributed by atoms with van der Waals surface area (Å²) in [7, 11) is 0. The molecule has 11 nitrogen and oxygen atoms in total. The smallest absolute Gasteiger partial charge is 0.341 e. The highest BCUT2D eigenvalue weighted by molar-refractivity contribution is 8.00. The van der Waals surface area contributed by atoms with E-state index in [1.54, 1.807) is 61.5 Å². The van der Waals surface area contributed by atoms with Crippen molar-refractivity contribution in [3.8, 4) is 11.1 Å². The first kappa shape index (κ1) is 39.9. The van der Waals surface area contributed by atoms with E-state index in [1.165, 1.54) is 53.4 Å². The average Bonchev–Trinajstić information content (AvgIpc) is 3.64. The zero-order valence-electron chi connectivity index (χ0n) is 30.8. The Kier molecular flexibility index (Phi) is 13.1. The minimum atomic E-state index is -0.778. The number of non-ortho nitro benzene ring substituents is 1. The first-order valence-corrected chi connectivity index (χ1v) is 19.5. The van der Waals surface area contributed by atoms with Crippen LogP contribution in [0.2, 0.25) is 0 Å². The van der Waals surface area contributed by atoms with E-state index in [4.69, 9.17) is 4.74 Å². The van der Waals surface area contributed by atoms with Crippen LogP contribution in [0.3, 0.4) is 0 Å². The van der Waals surface area contributed by atoms with Gasteiger partial charge in [-0.2, -0.15) is 0 Å². The fourth-order valence-electron chi connectivity index (χ4n) is 5.66. The SMILES string of the molecule is CCOC(=O)c1c(-c2ccc(C)cc2)csc1NC(=O)C(Sc1cccc(NC(=O)/C(=C\c2ccc([N+](=O)[O-])cc2)NC(=O)c2ccccc2)c1)c1ccccc1. The third kappa shape index (κ3) is 10.3. The van der Waals surface area contributed by atoms with E-state index in [0.29, 0.717) is 37.8 Å². The number of thioether (sulfide) groups is 1. The van der Waals surface area contributed by atoms with E-state index in [0.717, 1.165) is 11.1 Å². The molecule has 6 aromatic rings. The molecule has 0 saturated carbocycles. The van der Waals surface area contributed by atoms with Crippen molar-refractivity contribution in [3.05, 3.63) is 182 Å². The molecular weight excluding hydrogens is 761 g/mol. The van der Waals surface area contributed by atoms with Crippen LogP contribution in [0.1, 0.15) is 49.6 Å². The van der Waals surface area contributed by atoms with Crippen LogP contribution in [0.25, 0.3) is 17.2 Å². The quantitative estimate of drug-likeness (QED) is 0.0323. The summed E-state index contributed by atoms with van der Waals surface area (Å²) in [5.74, 6) is -2.09. The molecule has 0 aliphatic rings. The number of thiophene rings is 1. The van der Waals surface area contributed by atoms with Gasteiger partial charge in [-0.25, -0.2) is 4.79 Å². The van der Waals surface area contributed by atoms with Gasteiger partial charge in [-0.15, -0.1) is 23.1 Å². The van der Waals surface area contributed by atoms with Gasteiger partial charge < -0.3 is 20.7 Å². The number of hydrogen-bond donors (Lipinski definition) is 3. The molecule has 0 radical (unpaired) electrons. The van der Waals surface area contributed by atoms with Crippen molar-refractivity contribution in [1.82, 2.24) is 5.32 Å². The molecule has 3 amide bonds. The zero-order valence-corrected chi connectivity index (χ0v) is 32.4. The van der Waals surface area contributed by atoms with Gasteiger partial charge in [-0.05, 0) is 79.1 Å². The zero-order chi connectivity index (χ0) is 40.3. The molecule has 1 unspecified atom stereocenters. The highest BCUT2D eigenvalue weighted by atomic mass is 32.2. The summed E-state index contributed by atoms with van der Waals surface area (Å²) >= 11 is 2.49. The van der Waals surface area contributed by atoms with Crippen molar-refractivity contribution in [2.45, 2.75) is 24.0 Å². The van der Waals surface area contributed by atoms with E-state index in [1.807, 2.05) is 66.9 Å². The van der Waals surface area contributed by atoms with E-state index in [9.17, 15) is 29.3 Å². The molecule has 0 aliphatic carbocycles. The third-order valence-corrected chi connectivity index (χ3v) is 10.6. The second kappa shape index (κ2) is 18.7. The normalized spacial score (nSPS) is 11.6. The summed E-state index contributed by atoms with van der Waals surface area (Å²) in [6, 6.07) is 37.8. The fraction of sp³-hybridized carbons (Fsp3) is 0.0909. The van der Waals surface area contributed by atoms with E-state index in [-0.39, 0.29) is 29.5 Å². The fourth-order valence-corrected chi connectivity index (χ4v) is 7.71. The maximum atomic E-state index is 14.2. The number of carbonyl (C=O) groups is 4. The Morgan fingerprint density at radius 1 is 0.842 bits per heavy atom. The minimum absolute atomic E-state index is 0.101. The number of nitrogens with one attached hydrogen (secondary N) is 3. The van der Waals surface area contributed by atoms with Crippen molar-refractivity contribution in [2.75, 3.05) is 17.2 Å². The Morgan fingerprint density at radius 2 is 1.53 bits per heavy atom. The number of ether oxygens (including phenoxy) is 1. The summed E-state index contributed by atoms with van der Waals surface area (Å²) in [6.45, 7) is 3.87. The molecule has 1 aromatic heterocycles. The lowest BCUT2D eigenvalue weighted by atomic mass is 10.0. The molecule has 57 heavy (non-hydrogen) atoms. The van der Waals surface area contributed by atoms with Crippen LogP contribution in [0.5, 0.6) is 0 Å². The molecule has 0 spiro atoms. The van der Waals surface area contributed by atoms with Crippen LogP contribution in [-0.4, -0.2) is 35.2 Å². The molecule has 1 atom stereocenters. The molecule has 1 heterocycles. The lowest BCUT2D eigenvalue weighted by molar-refractivity contribution is -0.384. The number of nitrogens with zero attached hydrogens (tertiary/aromatic N) is 1. The van der Waals surface area contributed by atoms with Gasteiger partial charge in [0.15, 0.2) is 0 Å². The van der Waals surface area contributed by atoms with Crippen LogP contribution in [0, 0.1) is 17.0 Å². The van der Waals surface area contributed by atoms with Crippen LogP contribution in [0.15, 0.2) is 149 Å². The van der Waals surface area contributed by atoms with Crippen LogP contribution in [-0.2, 0) is 14.3 Å². The molecule has 0 fully saturated rings. The summed E-state index contributed by atoms with van der Waals surface area (Å²) in [5.41, 5.74) is 4.46. The standard InChI is InChI=1S/C44H36N4O7S2/c1-3-55-44(52)38-36(30-21-17-28(2)18-22-30)27-56-43(38)47-42(51)39(31-11-6-4-7-12-31)57-35-16-10-15-33(26-35)45-41(50)37(46-40(49)32-13-8-5-9-14-32)25-29-19-23-34(24-20-29)48(53)54/h4-27,39H,3H2,1-2H3,(H,45,50)(H,46,49)(H,47,51)/b37-25+. The first-order valence-electron chi connectivity index (χ1n) is 17.7. The third-order valence-electron chi connectivity index (χ3n) is 8.50. The number of amides is 3. The monoisotopic (exact) mass is 796 g/mol. The van der Waals surface area contributed by atoms with E-state index < -0.39 is 28.0 Å². The number of hydrogen-bond acceptors (Lipinski definition) is 9. The lowest BCUT2D eigenvalue weighted by Gasteiger charge is -2.18. The molecular formula is C44H36N4O7S2. The number of benzene rings is 5. The van der Waals surface area contributed by atoms with Gasteiger partial charge >= 0.3 is 5.97 Å². The second-order valence-electron chi connectivity index (χ2n) is 12.5. The maximum absolute atomic E-state index is 14.2. The molecule has 0 bridgehead atoms. The molecule has 3 N–H and O–H groups in total. The highest BCUT2D eigenvalue weighted by Gasteiger charge is 2.28. The summed E-state index contributed by atoms with van der Waals surface area (Å²) in [5, 5.41) is 21.1. The van der Waals surface area contributed by atoms with E-state index >= 15 is 0 Å². The predicted octanol–water partition coefficient (Wildman–Crippen LogP) is 9.69. The molecule has 0 saturated heterocycles. The van der Waals surface area contributed by atoms with Gasteiger partial charge in [0.1, 0.15) is 21.5 Å². The van der Waals surface area contributed by atoms with Gasteiger partial charge in [-0.3, -0.25) is 24.5 Å². The number of aryl methyl sites for hydroxylation is 1. The van der Waals surface area contributed by atoms with Gasteiger partial charge in [-0.1, -0.05) is 84.4 Å². The van der Waals surface area contributed by atoms with Gasteiger partial charge in [0, 0.05) is 39.2 Å². The Morgan fingerprint density at radius 3 is 2.19 bits per heavy atom. The van der Waals surface area contributed by atoms with Crippen molar-refractivity contribution in [3.63, 3.8) is 0 Å². The average molecular weight is 797 g/mol. The Balaban J connectivity index is 1.26. The Bertz CT molecular complexity index is 2430. The molecule has 13 heteroatoms. The van der Waals surface area contributed by atoms with Crippen molar-refractivity contribution < 1.29 is 28.8 Å². The summed E-state index contributed by atoms with van der Waals surface area (Å²) in [4.78, 5) is 65.7. The number of carbonyl (C=O) groups excluding carboxylic acids is 4. The predicted molar refractivity (Wildman–Crippen MR) is 224 cm³/mol. The molecule has 6 rings (SSSR count).